The Morgan fingerprint density at radius 3 is 2.85 bits per heavy atom. The molecule has 0 aliphatic rings. The van der Waals surface area contributed by atoms with Crippen molar-refractivity contribution in [3.8, 4) is 0 Å². The summed E-state index contributed by atoms with van der Waals surface area (Å²) in [5.41, 5.74) is 1.32. The second-order valence-corrected chi connectivity index (χ2v) is 4.91. The van der Waals surface area contributed by atoms with Gasteiger partial charge < -0.3 is 0 Å². The zero-order chi connectivity index (χ0) is 9.59. The van der Waals surface area contributed by atoms with Gasteiger partial charge in [-0.05, 0) is 29.8 Å². The van der Waals surface area contributed by atoms with Crippen molar-refractivity contribution in [1.29, 1.82) is 0 Å². The number of nitrogens with zero attached hydrogens (tertiary/aromatic N) is 3. The number of hydrogen-bond donors (Lipinski definition) is 0. The van der Waals surface area contributed by atoms with E-state index in [1.165, 1.54) is 15.9 Å². The van der Waals surface area contributed by atoms with E-state index in [2.05, 4.69) is 26.0 Å². The minimum Gasteiger partial charge on any atom is -0.267 e. The van der Waals surface area contributed by atoms with Crippen LogP contribution in [0, 0.1) is 13.8 Å². The molecule has 0 bridgehead atoms. The molecule has 0 spiro atoms. The van der Waals surface area contributed by atoms with Crippen molar-refractivity contribution in [2.75, 3.05) is 0 Å². The Hall–Kier alpha value is -0.750. The summed E-state index contributed by atoms with van der Waals surface area (Å²) >= 11 is 4.56. The van der Waals surface area contributed by atoms with E-state index in [0.717, 1.165) is 5.69 Å². The maximum atomic E-state index is 11.6. The molecule has 0 aromatic carbocycles. The van der Waals surface area contributed by atoms with Crippen LogP contribution in [0.25, 0.3) is 4.96 Å². The molecular weight excluding hydrogens is 254 g/mol. The molecule has 2 aromatic heterocycles. The third kappa shape index (κ3) is 1.30. The van der Waals surface area contributed by atoms with Crippen molar-refractivity contribution in [1.82, 2.24) is 14.6 Å². The average Bonchev–Trinajstić information content (AvgIpc) is 2.42. The van der Waals surface area contributed by atoms with Gasteiger partial charge in [-0.3, -0.25) is 4.79 Å². The molecule has 13 heavy (non-hydrogen) atoms. The fraction of sp³-hybridized carbons (Fsp3) is 0.286. The number of aromatic nitrogens is 3. The van der Waals surface area contributed by atoms with E-state index in [4.69, 9.17) is 0 Å². The lowest BCUT2D eigenvalue weighted by molar-refractivity contribution is 0.865. The monoisotopic (exact) mass is 259 g/mol. The Morgan fingerprint density at radius 1 is 1.46 bits per heavy atom. The molecule has 6 heteroatoms. The molecule has 0 amide bonds. The molecule has 68 valence electrons. The van der Waals surface area contributed by atoms with Crippen molar-refractivity contribution >= 4 is 32.2 Å². The van der Waals surface area contributed by atoms with Gasteiger partial charge in [0, 0.05) is 11.3 Å². The molecule has 2 aromatic rings. The Balaban J connectivity index is 3.01. The highest BCUT2D eigenvalue weighted by molar-refractivity contribution is 9.11. The predicted octanol–water partition coefficient (Wildman–Crippen LogP) is 1.53. The van der Waals surface area contributed by atoms with E-state index in [9.17, 15) is 4.79 Å². The Morgan fingerprint density at radius 2 is 2.15 bits per heavy atom. The highest BCUT2D eigenvalue weighted by atomic mass is 79.9. The van der Waals surface area contributed by atoms with Crippen molar-refractivity contribution in [2.24, 2.45) is 0 Å². The van der Waals surface area contributed by atoms with Gasteiger partial charge in [-0.1, -0.05) is 11.3 Å². The van der Waals surface area contributed by atoms with Crippen molar-refractivity contribution < 1.29 is 0 Å². The van der Waals surface area contributed by atoms with Gasteiger partial charge in [0.2, 0.25) is 4.96 Å². The molecular formula is C7H6BrN3OS. The second-order valence-electron chi connectivity index (χ2n) is 2.68. The van der Waals surface area contributed by atoms with Gasteiger partial charge >= 0.3 is 0 Å². The zero-order valence-corrected chi connectivity index (χ0v) is 9.44. The summed E-state index contributed by atoms with van der Waals surface area (Å²) in [7, 11) is 0. The first-order chi connectivity index (χ1) is 6.09. The van der Waals surface area contributed by atoms with Gasteiger partial charge in [-0.15, -0.1) is 5.10 Å². The number of fused-ring (bicyclic) bond motifs is 1. The fourth-order valence-corrected chi connectivity index (χ4v) is 2.26. The predicted molar refractivity (Wildman–Crippen MR) is 54.3 cm³/mol. The Labute approximate surface area is 86.4 Å². The van der Waals surface area contributed by atoms with E-state index < -0.39 is 0 Å². The first-order valence-corrected chi connectivity index (χ1v) is 5.23. The molecule has 0 saturated carbocycles. The molecule has 2 heterocycles. The van der Waals surface area contributed by atoms with Gasteiger partial charge in [0.05, 0.1) is 0 Å². The lowest BCUT2D eigenvalue weighted by Gasteiger charge is -1.96. The van der Waals surface area contributed by atoms with Crippen LogP contribution in [0.1, 0.15) is 11.3 Å². The van der Waals surface area contributed by atoms with Crippen LogP contribution in [-0.2, 0) is 0 Å². The molecule has 0 N–H and O–H groups in total. The molecule has 0 fully saturated rings. The van der Waals surface area contributed by atoms with Crippen molar-refractivity contribution in [3.05, 3.63) is 25.5 Å². The number of halogens is 1. The number of aryl methyl sites for hydroxylation is 1. The normalized spacial score (nSPS) is 11.0. The molecule has 0 radical (unpaired) electrons. The minimum absolute atomic E-state index is 0.0931. The third-order valence-corrected chi connectivity index (χ3v) is 3.20. The summed E-state index contributed by atoms with van der Waals surface area (Å²) in [6, 6.07) is 0. The van der Waals surface area contributed by atoms with Gasteiger partial charge in [0.1, 0.15) is 0 Å². The molecule has 0 saturated heterocycles. The largest absolute Gasteiger partial charge is 0.278 e. The summed E-state index contributed by atoms with van der Waals surface area (Å²) in [5.74, 6) is 0. The maximum absolute atomic E-state index is 11.6. The first kappa shape index (κ1) is 8.83. The van der Waals surface area contributed by atoms with Gasteiger partial charge in [-0.2, -0.15) is 4.52 Å². The van der Waals surface area contributed by atoms with E-state index >= 15 is 0 Å². The van der Waals surface area contributed by atoms with E-state index in [1.54, 1.807) is 6.92 Å². The summed E-state index contributed by atoms with van der Waals surface area (Å²) in [5, 5.41) is 3.99. The van der Waals surface area contributed by atoms with Crippen molar-refractivity contribution in [3.63, 3.8) is 0 Å². The lowest BCUT2D eigenvalue weighted by atomic mass is 10.3. The smallest absolute Gasteiger partial charge is 0.267 e. The van der Waals surface area contributed by atoms with Gasteiger partial charge in [0.25, 0.3) is 5.56 Å². The highest BCUT2D eigenvalue weighted by Crippen LogP contribution is 2.17. The number of hydrogen-bond acceptors (Lipinski definition) is 4. The van der Waals surface area contributed by atoms with Gasteiger partial charge in [-0.25, -0.2) is 4.98 Å². The zero-order valence-electron chi connectivity index (χ0n) is 7.04. The molecule has 0 aliphatic carbocycles. The van der Waals surface area contributed by atoms with Crippen LogP contribution in [0.2, 0.25) is 0 Å². The lowest BCUT2D eigenvalue weighted by Crippen LogP contribution is -2.18. The quantitative estimate of drug-likeness (QED) is 0.721. The molecule has 0 atom stereocenters. The topological polar surface area (TPSA) is 47.3 Å². The standard InChI is InChI=1S/C7H6BrN3OS/c1-3-4(2)9-7-11(5(3)12)10-6(8)13-7/h1-2H3. The van der Waals surface area contributed by atoms with Crippen LogP contribution in [0.3, 0.4) is 0 Å². The molecule has 4 nitrogen and oxygen atoms in total. The second kappa shape index (κ2) is 2.88. The minimum atomic E-state index is -0.0931. The Bertz CT molecular complexity index is 530. The third-order valence-electron chi connectivity index (χ3n) is 1.85. The van der Waals surface area contributed by atoms with Crippen LogP contribution in [0.4, 0.5) is 0 Å². The Kier molecular flexibility index (Phi) is 1.96. The average molecular weight is 260 g/mol. The highest BCUT2D eigenvalue weighted by Gasteiger charge is 2.08. The molecule has 2 rings (SSSR count). The maximum Gasteiger partial charge on any atom is 0.278 e. The SMILES string of the molecule is Cc1nc2sc(Br)nn2c(=O)c1C. The van der Waals surface area contributed by atoms with Crippen molar-refractivity contribution in [2.45, 2.75) is 13.8 Å². The van der Waals surface area contributed by atoms with Gasteiger partial charge in [0.15, 0.2) is 3.92 Å². The van der Waals surface area contributed by atoms with Crippen LogP contribution in [-0.4, -0.2) is 14.6 Å². The van der Waals surface area contributed by atoms with Crippen LogP contribution in [0.15, 0.2) is 8.71 Å². The molecule has 0 aliphatic heterocycles. The summed E-state index contributed by atoms with van der Waals surface area (Å²) in [6.07, 6.45) is 0. The molecule has 0 unspecified atom stereocenters. The fourth-order valence-electron chi connectivity index (χ4n) is 1.00. The van der Waals surface area contributed by atoms with E-state index in [-0.39, 0.29) is 5.56 Å². The van der Waals surface area contributed by atoms with E-state index in [1.807, 2.05) is 6.92 Å². The summed E-state index contributed by atoms with van der Waals surface area (Å²) < 4.78 is 1.99. The van der Waals surface area contributed by atoms with E-state index in [0.29, 0.717) is 14.4 Å². The van der Waals surface area contributed by atoms with Crippen LogP contribution >= 0.6 is 27.3 Å². The number of rotatable bonds is 0. The van der Waals surface area contributed by atoms with Crippen LogP contribution < -0.4 is 5.56 Å². The summed E-state index contributed by atoms with van der Waals surface area (Å²) in [4.78, 5) is 16.5. The summed E-state index contributed by atoms with van der Waals surface area (Å²) in [6.45, 7) is 3.58. The van der Waals surface area contributed by atoms with Crippen LogP contribution in [0.5, 0.6) is 0 Å². The first-order valence-electron chi connectivity index (χ1n) is 3.62.